The van der Waals surface area contributed by atoms with Gasteiger partial charge in [0.05, 0.1) is 16.8 Å². The van der Waals surface area contributed by atoms with E-state index in [1.165, 1.54) is 19.3 Å². The molecule has 1 aromatic carbocycles. The molecule has 0 spiro atoms. The second-order valence-electron chi connectivity index (χ2n) is 5.94. The summed E-state index contributed by atoms with van der Waals surface area (Å²) in [5.74, 6) is 1.91. The minimum absolute atomic E-state index is 0.109. The zero-order chi connectivity index (χ0) is 15.4. The highest BCUT2D eigenvalue weighted by molar-refractivity contribution is 7.97. The van der Waals surface area contributed by atoms with E-state index in [1.54, 1.807) is 11.8 Å². The molecular formula is C17H23N3OS. The van der Waals surface area contributed by atoms with Gasteiger partial charge in [-0.2, -0.15) is 11.8 Å². The number of carbonyl (C=O) groups excluding carboxylic acids is 1. The number of hydrogen-bond acceptors (Lipinski definition) is 3. The Labute approximate surface area is 135 Å². The fourth-order valence-electron chi connectivity index (χ4n) is 3.20. The van der Waals surface area contributed by atoms with Gasteiger partial charge >= 0.3 is 0 Å². The molecule has 4 nitrogen and oxygen atoms in total. The molecule has 22 heavy (non-hydrogen) atoms. The standard InChI is InChI=1S/C17H23N3OS/c1-22-12-16-19-14-9-5-6-10-15(14)20(16)11-17(21)18-13-7-3-2-4-8-13/h5-6,9-10,13H,2-4,7-8,11-12H2,1H3,(H,18,21). The van der Waals surface area contributed by atoms with E-state index in [0.29, 0.717) is 12.6 Å². The van der Waals surface area contributed by atoms with Gasteiger partial charge in [-0.25, -0.2) is 4.98 Å². The maximum atomic E-state index is 12.4. The first kappa shape index (κ1) is 15.4. The summed E-state index contributed by atoms with van der Waals surface area (Å²) < 4.78 is 2.06. The molecule has 0 radical (unpaired) electrons. The minimum atomic E-state index is 0.109. The molecule has 5 heteroatoms. The SMILES string of the molecule is CSCc1nc2ccccc2n1CC(=O)NC1CCCCC1. The molecule has 3 rings (SSSR count). The summed E-state index contributed by atoms with van der Waals surface area (Å²) in [6, 6.07) is 8.40. The van der Waals surface area contributed by atoms with Crippen molar-refractivity contribution in [1.29, 1.82) is 0 Å². The van der Waals surface area contributed by atoms with E-state index in [1.807, 2.05) is 24.3 Å². The van der Waals surface area contributed by atoms with Crippen LogP contribution in [0.2, 0.25) is 0 Å². The topological polar surface area (TPSA) is 46.9 Å². The Morgan fingerprint density at radius 3 is 2.86 bits per heavy atom. The van der Waals surface area contributed by atoms with Crippen molar-refractivity contribution in [3.63, 3.8) is 0 Å². The van der Waals surface area contributed by atoms with Crippen molar-refractivity contribution in [3.8, 4) is 0 Å². The monoisotopic (exact) mass is 317 g/mol. The molecule has 1 heterocycles. The molecule has 0 aliphatic heterocycles. The number of rotatable bonds is 5. The normalized spacial score (nSPS) is 16.0. The summed E-state index contributed by atoms with van der Waals surface area (Å²) in [4.78, 5) is 17.1. The van der Waals surface area contributed by atoms with Crippen LogP contribution in [0.25, 0.3) is 11.0 Å². The number of amides is 1. The summed E-state index contributed by atoms with van der Waals surface area (Å²) in [5.41, 5.74) is 2.02. The fourth-order valence-corrected chi connectivity index (χ4v) is 3.68. The molecule has 0 unspecified atom stereocenters. The Morgan fingerprint density at radius 1 is 1.32 bits per heavy atom. The van der Waals surface area contributed by atoms with E-state index in [4.69, 9.17) is 0 Å². The van der Waals surface area contributed by atoms with Crippen LogP contribution < -0.4 is 5.32 Å². The highest BCUT2D eigenvalue weighted by Crippen LogP contribution is 2.20. The summed E-state index contributed by atoms with van der Waals surface area (Å²) in [6.07, 6.45) is 8.07. The Balaban J connectivity index is 1.76. The number of carbonyl (C=O) groups is 1. The van der Waals surface area contributed by atoms with Crippen LogP contribution in [0.4, 0.5) is 0 Å². The zero-order valence-corrected chi connectivity index (χ0v) is 13.9. The number of thioether (sulfide) groups is 1. The van der Waals surface area contributed by atoms with Crippen LogP contribution in [-0.2, 0) is 17.1 Å². The number of hydrogen-bond donors (Lipinski definition) is 1. The molecule has 1 fully saturated rings. The van der Waals surface area contributed by atoms with Gasteiger partial charge in [-0.1, -0.05) is 31.4 Å². The van der Waals surface area contributed by atoms with Crippen molar-refractivity contribution in [2.45, 2.75) is 50.4 Å². The van der Waals surface area contributed by atoms with E-state index < -0.39 is 0 Å². The Hall–Kier alpha value is -1.49. The van der Waals surface area contributed by atoms with Crippen LogP contribution in [0.5, 0.6) is 0 Å². The molecule has 1 aromatic heterocycles. The van der Waals surface area contributed by atoms with Crippen LogP contribution >= 0.6 is 11.8 Å². The lowest BCUT2D eigenvalue weighted by atomic mass is 9.95. The van der Waals surface area contributed by atoms with Crippen LogP contribution in [0, 0.1) is 0 Å². The van der Waals surface area contributed by atoms with Crippen molar-refractivity contribution in [3.05, 3.63) is 30.1 Å². The fraction of sp³-hybridized carbons (Fsp3) is 0.529. The van der Waals surface area contributed by atoms with Gasteiger partial charge < -0.3 is 9.88 Å². The van der Waals surface area contributed by atoms with Crippen LogP contribution in [-0.4, -0.2) is 27.8 Å². The maximum absolute atomic E-state index is 12.4. The van der Waals surface area contributed by atoms with Gasteiger partial charge in [-0.05, 0) is 31.2 Å². The van der Waals surface area contributed by atoms with E-state index in [0.717, 1.165) is 35.5 Å². The number of aromatic nitrogens is 2. The Bertz CT molecular complexity index is 646. The molecule has 1 amide bonds. The molecule has 2 aromatic rings. The largest absolute Gasteiger partial charge is 0.352 e. The third-order valence-corrected chi connectivity index (χ3v) is 4.83. The first-order valence-electron chi connectivity index (χ1n) is 8.00. The van der Waals surface area contributed by atoms with Crippen LogP contribution in [0.1, 0.15) is 37.9 Å². The second-order valence-corrected chi connectivity index (χ2v) is 6.80. The van der Waals surface area contributed by atoms with Gasteiger partial charge in [-0.15, -0.1) is 0 Å². The average molecular weight is 317 g/mol. The molecule has 1 aliphatic rings. The predicted octanol–water partition coefficient (Wildman–Crippen LogP) is 3.35. The van der Waals surface area contributed by atoms with E-state index in [-0.39, 0.29) is 5.91 Å². The van der Waals surface area contributed by atoms with Gasteiger partial charge in [0, 0.05) is 6.04 Å². The lowest BCUT2D eigenvalue weighted by Crippen LogP contribution is -2.38. The Morgan fingerprint density at radius 2 is 2.09 bits per heavy atom. The van der Waals surface area contributed by atoms with E-state index in [2.05, 4.69) is 21.1 Å². The molecule has 0 saturated heterocycles. The molecule has 0 atom stereocenters. The quantitative estimate of drug-likeness (QED) is 0.920. The molecule has 1 aliphatic carbocycles. The minimum Gasteiger partial charge on any atom is -0.352 e. The molecule has 118 valence electrons. The van der Waals surface area contributed by atoms with E-state index in [9.17, 15) is 4.79 Å². The number of para-hydroxylation sites is 2. The Kier molecular flexibility index (Phi) is 5.03. The molecule has 0 bridgehead atoms. The smallest absolute Gasteiger partial charge is 0.240 e. The third-order valence-electron chi connectivity index (χ3n) is 4.28. The molecule has 1 saturated carbocycles. The number of fused-ring (bicyclic) bond motifs is 1. The molecular weight excluding hydrogens is 294 g/mol. The lowest BCUT2D eigenvalue weighted by Gasteiger charge is -2.23. The van der Waals surface area contributed by atoms with Crippen molar-refractivity contribution >= 4 is 28.7 Å². The second kappa shape index (κ2) is 7.18. The van der Waals surface area contributed by atoms with Gasteiger partial charge in [-0.3, -0.25) is 4.79 Å². The number of nitrogens with one attached hydrogen (secondary N) is 1. The summed E-state index contributed by atoms with van der Waals surface area (Å²) in [5, 5.41) is 3.20. The predicted molar refractivity (Wildman–Crippen MR) is 92.0 cm³/mol. The molecule has 1 N–H and O–H groups in total. The number of nitrogens with zero attached hydrogens (tertiary/aromatic N) is 2. The van der Waals surface area contributed by atoms with Crippen molar-refractivity contribution in [1.82, 2.24) is 14.9 Å². The van der Waals surface area contributed by atoms with Gasteiger partial charge in [0.1, 0.15) is 12.4 Å². The van der Waals surface area contributed by atoms with Crippen molar-refractivity contribution in [2.75, 3.05) is 6.26 Å². The first-order valence-corrected chi connectivity index (χ1v) is 9.40. The van der Waals surface area contributed by atoms with Gasteiger partial charge in [0.25, 0.3) is 0 Å². The maximum Gasteiger partial charge on any atom is 0.240 e. The van der Waals surface area contributed by atoms with Crippen molar-refractivity contribution < 1.29 is 4.79 Å². The first-order chi connectivity index (χ1) is 10.8. The van der Waals surface area contributed by atoms with Crippen LogP contribution in [0.3, 0.4) is 0 Å². The highest BCUT2D eigenvalue weighted by Gasteiger charge is 2.18. The van der Waals surface area contributed by atoms with E-state index >= 15 is 0 Å². The van der Waals surface area contributed by atoms with Gasteiger partial charge in [0.15, 0.2) is 0 Å². The third kappa shape index (κ3) is 3.46. The van der Waals surface area contributed by atoms with Crippen LogP contribution in [0.15, 0.2) is 24.3 Å². The number of imidazole rings is 1. The average Bonchev–Trinajstić information content (AvgIpc) is 2.86. The lowest BCUT2D eigenvalue weighted by molar-refractivity contribution is -0.122. The zero-order valence-electron chi connectivity index (χ0n) is 13.0. The van der Waals surface area contributed by atoms with Gasteiger partial charge in [0.2, 0.25) is 5.91 Å². The highest BCUT2D eigenvalue weighted by atomic mass is 32.2. The van der Waals surface area contributed by atoms with Crippen molar-refractivity contribution in [2.24, 2.45) is 0 Å². The summed E-state index contributed by atoms with van der Waals surface area (Å²) in [6.45, 7) is 0.368. The number of benzene rings is 1. The summed E-state index contributed by atoms with van der Waals surface area (Å²) >= 11 is 1.73. The summed E-state index contributed by atoms with van der Waals surface area (Å²) in [7, 11) is 0.